The van der Waals surface area contributed by atoms with Crippen LogP contribution >= 0.6 is 0 Å². The molecule has 132 valence electrons. The Morgan fingerprint density at radius 3 is 2.25 bits per heavy atom. The highest BCUT2D eigenvalue weighted by Gasteiger charge is 2.30. The molecule has 0 aliphatic carbocycles. The molecule has 0 radical (unpaired) electrons. The molecular weight excluding hydrogens is 336 g/mol. The van der Waals surface area contributed by atoms with E-state index < -0.39 is 15.9 Å². The maximum Gasteiger partial charge on any atom is 0.243 e. The van der Waals surface area contributed by atoms with Crippen molar-refractivity contribution in [1.29, 1.82) is 0 Å². The summed E-state index contributed by atoms with van der Waals surface area (Å²) in [5.41, 5.74) is 1.90. The van der Waals surface area contributed by atoms with E-state index in [4.69, 9.17) is 10.6 Å². The lowest BCUT2D eigenvalue weighted by Crippen LogP contribution is -2.51. The molecule has 3 N–H and O–H groups in total. The summed E-state index contributed by atoms with van der Waals surface area (Å²) < 4.78 is 31.5. The van der Waals surface area contributed by atoms with E-state index in [0.717, 1.165) is 0 Å². The van der Waals surface area contributed by atoms with Gasteiger partial charge in [0.25, 0.3) is 0 Å². The molecule has 1 saturated heterocycles. The van der Waals surface area contributed by atoms with E-state index in [1.165, 1.54) is 28.4 Å². The van der Waals surface area contributed by atoms with Crippen molar-refractivity contribution < 1.29 is 22.7 Å². The number of hydrogen-bond acceptors (Lipinski definition) is 6. The van der Waals surface area contributed by atoms with Crippen LogP contribution in [0.25, 0.3) is 0 Å². The Kier molecular flexibility index (Phi) is 5.75. The smallest absolute Gasteiger partial charge is 0.243 e. The van der Waals surface area contributed by atoms with Crippen LogP contribution in [0, 0.1) is 0 Å². The summed E-state index contributed by atoms with van der Waals surface area (Å²) in [5, 5.41) is 0. The zero-order valence-corrected chi connectivity index (χ0v) is 14.1. The topological polar surface area (TPSA) is 122 Å². The Morgan fingerprint density at radius 2 is 1.75 bits per heavy atom. The van der Waals surface area contributed by atoms with E-state index in [1.807, 2.05) is 5.43 Å². The number of methoxy groups -OCH3 is 1. The first-order valence-electron chi connectivity index (χ1n) is 7.30. The highest BCUT2D eigenvalue weighted by atomic mass is 32.2. The SMILES string of the molecule is COc1ccc(S(=O)(=O)N2CCN(C(=O)CC(=O)NN)CC2)cc1. The van der Waals surface area contributed by atoms with Gasteiger partial charge in [-0.2, -0.15) is 4.31 Å². The van der Waals surface area contributed by atoms with Crippen LogP contribution in [0.1, 0.15) is 6.42 Å². The van der Waals surface area contributed by atoms with E-state index in [9.17, 15) is 18.0 Å². The zero-order chi connectivity index (χ0) is 17.7. The molecule has 1 heterocycles. The quantitative estimate of drug-likeness (QED) is 0.299. The molecular formula is C14H20N4O5S. The second kappa shape index (κ2) is 7.60. The lowest BCUT2D eigenvalue weighted by molar-refractivity contribution is -0.137. The van der Waals surface area contributed by atoms with Gasteiger partial charge in [0.2, 0.25) is 21.8 Å². The lowest BCUT2D eigenvalue weighted by Gasteiger charge is -2.34. The third kappa shape index (κ3) is 4.02. The minimum atomic E-state index is -3.62. The fourth-order valence-corrected chi connectivity index (χ4v) is 3.80. The van der Waals surface area contributed by atoms with Gasteiger partial charge in [-0.25, -0.2) is 14.3 Å². The number of benzene rings is 1. The number of hydrogen-bond donors (Lipinski definition) is 2. The minimum Gasteiger partial charge on any atom is -0.497 e. The molecule has 0 atom stereocenters. The van der Waals surface area contributed by atoms with Crippen LogP contribution < -0.4 is 16.0 Å². The van der Waals surface area contributed by atoms with Crippen molar-refractivity contribution in [2.45, 2.75) is 11.3 Å². The van der Waals surface area contributed by atoms with Crippen LogP contribution in [0.15, 0.2) is 29.2 Å². The molecule has 2 amide bonds. The molecule has 1 aromatic rings. The van der Waals surface area contributed by atoms with Gasteiger partial charge in [0, 0.05) is 26.2 Å². The Balaban J connectivity index is 2.00. The molecule has 24 heavy (non-hydrogen) atoms. The molecule has 1 aliphatic heterocycles. The Labute approximate surface area is 140 Å². The van der Waals surface area contributed by atoms with E-state index in [2.05, 4.69) is 0 Å². The standard InChI is InChI=1S/C14H20N4O5S/c1-23-11-2-4-12(5-3-11)24(21,22)18-8-6-17(7-9-18)14(20)10-13(19)16-15/h2-5H,6-10,15H2,1H3,(H,16,19). The van der Waals surface area contributed by atoms with Crippen LogP contribution in [-0.2, 0) is 19.6 Å². The number of piperazine rings is 1. The average molecular weight is 356 g/mol. The van der Waals surface area contributed by atoms with Crippen LogP contribution in [0.5, 0.6) is 5.75 Å². The predicted molar refractivity (Wildman–Crippen MR) is 85.3 cm³/mol. The van der Waals surface area contributed by atoms with Crippen LogP contribution in [0.4, 0.5) is 0 Å². The van der Waals surface area contributed by atoms with Crippen molar-refractivity contribution >= 4 is 21.8 Å². The van der Waals surface area contributed by atoms with Gasteiger partial charge in [-0.1, -0.05) is 0 Å². The predicted octanol–water partition coefficient (Wildman–Crippen LogP) is -1.09. The molecule has 0 aromatic heterocycles. The van der Waals surface area contributed by atoms with Gasteiger partial charge in [-0.3, -0.25) is 15.0 Å². The van der Waals surface area contributed by atoms with Gasteiger partial charge in [0.05, 0.1) is 12.0 Å². The number of carbonyl (C=O) groups excluding carboxylic acids is 2. The summed E-state index contributed by atoms with van der Waals surface area (Å²) >= 11 is 0. The normalized spacial score (nSPS) is 15.8. The first kappa shape index (κ1) is 18.2. The van der Waals surface area contributed by atoms with Crippen molar-refractivity contribution in [3.05, 3.63) is 24.3 Å². The van der Waals surface area contributed by atoms with Crippen molar-refractivity contribution in [2.24, 2.45) is 5.84 Å². The molecule has 1 fully saturated rings. The van der Waals surface area contributed by atoms with Crippen LogP contribution in [0.2, 0.25) is 0 Å². The van der Waals surface area contributed by atoms with Crippen molar-refractivity contribution in [1.82, 2.24) is 14.6 Å². The molecule has 0 spiro atoms. The number of nitrogens with zero attached hydrogens (tertiary/aromatic N) is 2. The van der Waals surface area contributed by atoms with Crippen LogP contribution in [0.3, 0.4) is 0 Å². The summed E-state index contributed by atoms with van der Waals surface area (Å²) in [7, 11) is -2.12. The number of carbonyl (C=O) groups is 2. The maximum absolute atomic E-state index is 12.6. The number of rotatable bonds is 5. The van der Waals surface area contributed by atoms with Gasteiger partial charge >= 0.3 is 0 Å². The van der Waals surface area contributed by atoms with Gasteiger partial charge in [-0.15, -0.1) is 0 Å². The molecule has 1 aliphatic rings. The summed E-state index contributed by atoms with van der Waals surface area (Å²) in [6.07, 6.45) is -0.346. The fourth-order valence-electron chi connectivity index (χ4n) is 2.37. The Bertz CT molecular complexity index is 696. The molecule has 0 saturated carbocycles. The van der Waals surface area contributed by atoms with E-state index in [1.54, 1.807) is 12.1 Å². The number of hydrazine groups is 1. The summed E-state index contributed by atoms with van der Waals surface area (Å²) in [6.45, 7) is 0.798. The summed E-state index contributed by atoms with van der Waals surface area (Å²) in [6, 6.07) is 6.13. The maximum atomic E-state index is 12.6. The van der Waals surface area contributed by atoms with E-state index >= 15 is 0 Å². The van der Waals surface area contributed by atoms with Crippen LogP contribution in [-0.4, -0.2) is 62.7 Å². The van der Waals surface area contributed by atoms with Crippen molar-refractivity contribution in [3.63, 3.8) is 0 Å². The van der Waals surface area contributed by atoms with Gasteiger partial charge in [0.1, 0.15) is 12.2 Å². The summed E-state index contributed by atoms with van der Waals surface area (Å²) in [5.74, 6) is 4.57. The Hall–Kier alpha value is -2.17. The van der Waals surface area contributed by atoms with E-state index in [-0.39, 0.29) is 43.4 Å². The second-order valence-corrected chi connectivity index (χ2v) is 7.14. The first-order chi connectivity index (χ1) is 11.4. The molecule has 0 unspecified atom stereocenters. The molecule has 10 heteroatoms. The number of ether oxygens (including phenoxy) is 1. The number of nitrogens with two attached hydrogens (primary N) is 1. The highest BCUT2D eigenvalue weighted by Crippen LogP contribution is 2.20. The fraction of sp³-hybridized carbons (Fsp3) is 0.429. The van der Waals surface area contributed by atoms with Crippen molar-refractivity contribution in [2.75, 3.05) is 33.3 Å². The average Bonchev–Trinajstić information content (AvgIpc) is 2.61. The monoisotopic (exact) mass is 356 g/mol. The molecule has 1 aromatic carbocycles. The third-order valence-electron chi connectivity index (χ3n) is 3.76. The van der Waals surface area contributed by atoms with Crippen molar-refractivity contribution in [3.8, 4) is 5.75 Å². The number of nitrogens with one attached hydrogen (secondary N) is 1. The number of sulfonamides is 1. The summed E-state index contributed by atoms with van der Waals surface area (Å²) in [4.78, 5) is 24.6. The zero-order valence-electron chi connectivity index (χ0n) is 13.3. The van der Waals surface area contributed by atoms with Gasteiger partial charge < -0.3 is 9.64 Å². The highest BCUT2D eigenvalue weighted by molar-refractivity contribution is 7.89. The number of amides is 2. The molecule has 0 bridgehead atoms. The second-order valence-electron chi connectivity index (χ2n) is 5.20. The molecule has 9 nitrogen and oxygen atoms in total. The minimum absolute atomic E-state index is 0.171. The van der Waals surface area contributed by atoms with Gasteiger partial charge in [-0.05, 0) is 24.3 Å². The van der Waals surface area contributed by atoms with E-state index in [0.29, 0.717) is 5.75 Å². The molecule has 2 rings (SSSR count). The van der Waals surface area contributed by atoms with Gasteiger partial charge in [0.15, 0.2) is 0 Å². The first-order valence-corrected chi connectivity index (χ1v) is 8.74. The lowest BCUT2D eigenvalue weighted by atomic mass is 10.3. The Morgan fingerprint density at radius 1 is 1.17 bits per heavy atom. The largest absolute Gasteiger partial charge is 0.497 e. The third-order valence-corrected chi connectivity index (χ3v) is 5.67.